The molecule has 2 heterocycles. The van der Waals surface area contributed by atoms with Crippen LogP contribution in [0.2, 0.25) is 0 Å². The highest BCUT2D eigenvalue weighted by Crippen LogP contribution is 2.19. The highest BCUT2D eigenvalue weighted by molar-refractivity contribution is 6.03. The van der Waals surface area contributed by atoms with Crippen LogP contribution in [0.4, 0.5) is 10.1 Å². The molecule has 29 heavy (non-hydrogen) atoms. The first-order chi connectivity index (χ1) is 14.0. The number of rotatable bonds is 5. The van der Waals surface area contributed by atoms with E-state index in [1.807, 2.05) is 48.9 Å². The van der Waals surface area contributed by atoms with Crippen molar-refractivity contribution in [3.63, 3.8) is 0 Å². The Morgan fingerprint density at radius 2 is 1.90 bits per heavy atom. The van der Waals surface area contributed by atoms with E-state index in [4.69, 9.17) is 0 Å². The zero-order chi connectivity index (χ0) is 20.4. The Kier molecular flexibility index (Phi) is 4.95. The minimum absolute atomic E-state index is 0.297. The molecular weight excluding hydrogens is 369 g/mol. The molecular formula is C22H20FN5O. The molecule has 4 rings (SSSR count). The maximum atomic E-state index is 13.1. The molecule has 0 saturated heterocycles. The Bertz CT molecular complexity index is 1160. The molecule has 0 radical (unpaired) electrons. The second-order valence-corrected chi connectivity index (χ2v) is 6.91. The summed E-state index contributed by atoms with van der Waals surface area (Å²) >= 11 is 0. The number of nitrogens with zero attached hydrogens (tertiary/aromatic N) is 3. The average Bonchev–Trinajstić information content (AvgIpc) is 3.30. The summed E-state index contributed by atoms with van der Waals surface area (Å²) < 4.78 is 15.0. The minimum atomic E-state index is -0.317. The monoisotopic (exact) mass is 389 g/mol. The molecule has 0 fully saturated rings. The smallest absolute Gasteiger partial charge is 0.273 e. The van der Waals surface area contributed by atoms with Crippen molar-refractivity contribution < 1.29 is 9.18 Å². The zero-order valence-corrected chi connectivity index (χ0v) is 16.1. The van der Waals surface area contributed by atoms with Crippen molar-refractivity contribution in [2.75, 3.05) is 5.32 Å². The van der Waals surface area contributed by atoms with E-state index in [9.17, 15) is 9.18 Å². The highest BCUT2D eigenvalue weighted by Gasteiger charge is 2.12. The third-order valence-electron chi connectivity index (χ3n) is 4.58. The van der Waals surface area contributed by atoms with E-state index < -0.39 is 0 Å². The second-order valence-electron chi connectivity index (χ2n) is 6.91. The van der Waals surface area contributed by atoms with Crippen molar-refractivity contribution in [2.24, 2.45) is 0 Å². The second kappa shape index (κ2) is 7.71. The molecule has 146 valence electrons. The predicted molar refractivity (Wildman–Crippen MR) is 109 cm³/mol. The van der Waals surface area contributed by atoms with Crippen molar-refractivity contribution >= 4 is 11.6 Å². The van der Waals surface area contributed by atoms with Gasteiger partial charge in [0, 0.05) is 16.9 Å². The molecule has 0 aliphatic heterocycles. The van der Waals surface area contributed by atoms with Crippen molar-refractivity contribution in [1.29, 1.82) is 0 Å². The van der Waals surface area contributed by atoms with Gasteiger partial charge < -0.3 is 5.32 Å². The summed E-state index contributed by atoms with van der Waals surface area (Å²) in [6.07, 6.45) is 0. The van der Waals surface area contributed by atoms with E-state index in [2.05, 4.69) is 20.6 Å². The van der Waals surface area contributed by atoms with Gasteiger partial charge in [-0.05, 0) is 67.9 Å². The first-order valence-electron chi connectivity index (χ1n) is 9.20. The Hall–Kier alpha value is -3.74. The van der Waals surface area contributed by atoms with E-state index in [1.165, 1.54) is 12.1 Å². The summed E-state index contributed by atoms with van der Waals surface area (Å²) in [5.74, 6) is -0.614. The molecule has 0 aliphatic carbocycles. The number of halogens is 1. The number of anilines is 1. The topological polar surface area (TPSA) is 75.6 Å². The van der Waals surface area contributed by atoms with E-state index in [1.54, 1.807) is 18.2 Å². The number of benzene rings is 2. The van der Waals surface area contributed by atoms with Gasteiger partial charge in [-0.2, -0.15) is 10.2 Å². The molecule has 6 nitrogen and oxygen atoms in total. The first-order valence-corrected chi connectivity index (χ1v) is 9.20. The van der Waals surface area contributed by atoms with Crippen LogP contribution in [0.3, 0.4) is 0 Å². The average molecular weight is 389 g/mol. The normalized spacial score (nSPS) is 10.9. The van der Waals surface area contributed by atoms with Gasteiger partial charge in [0.2, 0.25) is 0 Å². The molecule has 0 saturated carbocycles. The van der Waals surface area contributed by atoms with Crippen molar-refractivity contribution in [2.45, 2.75) is 20.4 Å². The van der Waals surface area contributed by atoms with Gasteiger partial charge >= 0.3 is 0 Å². The molecule has 2 aromatic carbocycles. The number of nitrogens with one attached hydrogen (secondary N) is 2. The lowest BCUT2D eigenvalue weighted by Gasteiger charge is -2.08. The Morgan fingerprint density at radius 3 is 2.62 bits per heavy atom. The molecule has 4 aromatic rings. The number of aromatic amines is 1. The lowest BCUT2D eigenvalue weighted by atomic mass is 10.1. The Labute approximate surface area is 167 Å². The third kappa shape index (κ3) is 4.24. The van der Waals surface area contributed by atoms with Crippen LogP contribution in [0.25, 0.3) is 11.3 Å². The fraction of sp³-hybridized carbons (Fsp3) is 0.136. The number of hydrogen-bond acceptors (Lipinski definition) is 3. The van der Waals surface area contributed by atoms with Crippen LogP contribution >= 0.6 is 0 Å². The summed E-state index contributed by atoms with van der Waals surface area (Å²) in [4.78, 5) is 12.6. The maximum Gasteiger partial charge on any atom is 0.273 e. The fourth-order valence-corrected chi connectivity index (χ4v) is 3.16. The number of aryl methyl sites for hydroxylation is 2. The lowest BCUT2D eigenvalue weighted by molar-refractivity contribution is 0.102. The molecule has 2 aromatic heterocycles. The molecule has 0 bridgehead atoms. The summed E-state index contributed by atoms with van der Waals surface area (Å²) in [7, 11) is 0. The number of carbonyl (C=O) groups excluding carboxylic acids is 1. The van der Waals surface area contributed by atoms with Crippen LogP contribution in [0.1, 0.15) is 27.4 Å². The molecule has 7 heteroatoms. The van der Waals surface area contributed by atoms with E-state index in [0.29, 0.717) is 23.6 Å². The summed E-state index contributed by atoms with van der Waals surface area (Å²) in [5.41, 5.74) is 5.42. The molecule has 0 atom stereocenters. The van der Waals surface area contributed by atoms with E-state index >= 15 is 0 Å². The number of hydrogen-bond donors (Lipinski definition) is 2. The summed E-state index contributed by atoms with van der Waals surface area (Å²) in [5, 5.41) is 14.2. The predicted octanol–water partition coefficient (Wildman–Crippen LogP) is 4.33. The van der Waals surface area contributed by atoms with Crippen molar-refractivity contribution in [3.8, 4) is 11.3 Å². The summed E-state index contributed by atoms with van der Waals surface area (Å²) in [6, 6.07) is 17.3. The molecule has 0 spiro atoms. The quantitative estimate of drug-likeness (QED) is 0.533. The van der Waals surface area contributed by atoms with E-state index in [0.717, 1.165) is 22.5 Å². The third-order valence-corrected chi connectivity index (χ3v) is 4.58. The molecule has 2 N–H and O–H groups in total. The lowest BCUT2D eigenvalue weighted by Crippen LogP contribution is -2.13. The number of H-pyrrole nitrogens is 1. The largest absolute Gasteiger partial charge is 0.321 e. The van der Waals surface area contributed by atoms with E-state index in [-0.39, 0.29) is 11.7 Å². The van der Waals surface area contributed by atoms with Crippen LogP contribution in [0, 0.1) is 19.7 Å². The maximum absolute atomic E-state index is 13.1. The Balaban J connectivity index is 1.47. The molecule has 1 amide bonds. The summed E-state index contributed by atoms with van der Waals surface area (Å²) in [6.45, 7) is 4.61. The highest BCUT2D eigenvalue weighted by atomic mass is 19.1. The van der Waals surface area contributed by atoms with Crippen LogP contribution in [0.15, 0.2) is 60.7 Å². The van der Waals surface area contributed by atoms with Crippen LogP contribution in [-0.2, 0) is 6.54 Å². The minimum Gasteiger partial charge on any atom is -0.321 e. The van der Waals surface area contributed by atoms with Gasteiger partial charge in [0.05, 0.1) is 17.9 Å². The zero-order valence-electron chi connectivity index (χ0n) is 16.1. The number of aromatic nitrogens is 4. The van der Waals surface area contributed by atoms with Gasteiger partial charge in [0.15, 0.2) is 0 Å². The van der Waals surface area contributed by atoms with Gasteiger partial charge in [-0.3, -0.25) is 14.6 Å². The van der Waals surface area contributed by atoms with Gasteiger partial charge in [-0.15, -0.1) is 0 Å². The van der Waals surface area contributed by atoms with Crippen molar-refractivity contribution in [1.82, 2.24) is 20.0 Å². The van der Waals surface area contributed by atoms with Crippen LogP contribution in [-0.4, -0.2) is 25.9 Å². The van der Waals surface area contributed by atoms with Crippen molar-refractivity contribution in [3.05, 3.63) is 89.1 Å². The first kappa shape index (κ1) is 18.6. The fourth-order valence-electron chi connectivity index (χ4n) is 3.16. The van der Waals surface area contributed by atoms with Gasteiger partial charge in [0.25, 0.3) is 5.91 Å². The molecule has 0 unspecified atom stereocenters. The number of carbonyl (C=O) groups is 1. The van der Waals surface area contributed by atoms with Gasteiger partial charge in [0.1, 0.15) is 11.5 Å². The van der Waals surface area contributed by atoms with Gasteiger partial charge in [-0.1, -0.05) is 12.1 Å². The Morgan fingerprint density at radius 1 is 1.10 bits per heavy atom. The standard InChI is InChI=1S/C22H20FN5O/c1-14-10-15(2)28(27-14)13-16-4-3-5-19(11-16)24-22(29)21-12-20(25-26-21)17-6-8-18(23)9-7-17/h3-12H,13H2,1-2H3,(H,24,29)(H,25,26). The van der Waals surface area contributed by atoms with Crippen LogP contribution in [0.5, 0.6) is 0 Å². The van der Waals surface area contributed by atoms with Gasteiger partial charge in [-0.25, -0.2) is 4.39 Å². The number of amides is 1. The SMILES string of the molecule is Cc1cc(C)n(Cc2cccc(NC(=O)c3cc(-c4ccc(F)cc4)n[nH]3)c2)n1. The van der Waals surface area contributed by atoms with Crippen LogP contribution < -0.4 is 5.32 Å². The molecule has 0 aliphatic rings.